The highest BCUT2D eigenvalue weighted by molar-refractivity contribution is 5.86. The van der Waals surface area contributed by atoms with E-state index in [0.717, 1.165) is 19.3 Å². The molecule has 0 aliphatic heterocycles. The van der Waals surface area contributed by atoms with Gasteiger partial charge in [-0.25, -0.2) is 0 Å². The number of rotatable bonds is 2. The number of aromatic hydroxyl groups is 1. The Bertz CT molecular complexity index is 416. The van der Waals surface area contributed by atoms with Gasteiger partial charge in [0.05, 0.1) is 5.41 Å². The lowest BCUT2D eigenvalue weighted by atomic mass is 9.33. The molecule has 0 saturated heterocycles. The minimum atomic E-state index is -0.197. The van der Waals surface area contributed by atoms with Gasteiger partial charge in [0.1, 0.15) is 5.75 Å². The summed E-state index contributed by atoms with van der Waals surface area (Å²) < 4.78 is 0. The summed E-state index contributed by atoms with van der Waals surface area (Å²) in [5.74, 6) is 0.137. The van der Waals surface area contributed by atoms with Gasteiger partial charge in [0.2, 0.25) is 5.91 Å². The quantitative estimate of drug-likeness (QED) is 0.761. The van der Waals surface area contributed by atoms with Gasteiger partial charge in [-0.15, -0.1) is 0 Å². The van der Waals surface area contributed by atoms with Gasteiger partial charge in [-0.1, -0.05) is 12.1 Å². The zero-order valence-corrected chi connectivity index (χ0v) is 8.36. The topological polar surface area (TPSA) is 63.3 Å². The normalized spacial score (nSPS) is 36.5. The Morgan fingerprint density at radius 3 is 2.20 bits per heavy atom. The molecule has 3 saturated carbocycles. The number of primary amides is 1. The maximum atomic E-state index is 11.2. The second kappa shape index (κ2) is 2.35. The van der Waals surface area contributed by atoms with Crippen molar-refractivity contribution in [3.63, 3.8) is 0 Å². The van der Waals surface area contributed by atoms with Crippen molar-refractivity contribution < 1.29 is 9.90 Å². The molecule has 3 N–H and O–H groups in total. The Balaban J connectivity index is 1.84. The van der Waals surface area contributed by atoms with E-state index < -0.39 is 0 Å². The minimum absolute atomic E-state index is 0.150. The first-order valence-electron chi connectivity index (χ1n) is 5.16. The highest BCUT2D eigenvalue weighted by atomic mass is 16.3. The van der Waals surface area contributed by atoms with E-state index in [1.807, 2.05) is 12.1 Å². The predicted octanol–water partition coefficient (Wildman–Crippen LogP) is 1.30. The van der Waals surface area contributed by atoms with Crippen molar-refractivity contribution in [1.29, 1.82) is 0 Å². The highest BCUT2D eigenvalue weighted by Gasteiger charge is 2.71. The van der Waals surface area contributed by atoms with Crippen molar-refractivity contribution in [3.8, 4) is 5.75 Å². The lowest BCUT2D eigenvalue weighted by molar-refractivity contribution is -0.172. The molecule has 3 nitrogen and oxygen atoms in total. The van der Waals surface area contributed by atoms with Crippen molar-refractivity contribution in [1.82, 2.24) is 0 Å². The number of amides is 1. The maximum Gasteiger partial charge on any atom is 0.223 e. The Morgan fingerprint density at radius 2 is 1.73 bits per heavy atom. The van der Waals surface area contributed by atoms with E-state index in [2.05, 4.69) is 0 Å². The molecular weight excluding hydrogens is 190 g/mol. The molecule has 0 radical (unpaired) electrons. The molecule has 3 aliphatic carbocycles. The molecule has 1 amide bonds. The van der Waals surface area contributed by atoms with Gasteiger partial charge in [0, 0.05) is 0 Å². The number of carbonyl (C=O) groups excluding carboxylic acids is 1. The van der Waals surface area contributed by atoms with Crippen molar-refractivity contribution in [3.05, 3.63) is 29.8 Å². The van der Waals surface area contributed by atoms with Crippen LogP contribution in [-0.2, 0) is 10.2 Å². The van der Waals surface area contributed by atoms with Crippen LogP contribution in [0.5, 0.6) is 5.75 Å². The Labute approximate surface area is 87.9 Å². The summed E-state index contributed by atoms with van der Waals surface area (Å²) in [6.45, 7) is 0. The molecule has 0 atom stereocenters. The van der Waals surface area contributed by atoms with Crippen molar-refractivity contribution >= 4 is 5.91 Å². The van der Waals surface area contributed by atoms with Crippen LogP contribution in [0.15, 0.2) is 24.3 Å². The van der Waals surface area contributed by atoms with E-state index in [-0.39, 0.29) is 22.5 Å². The standard InChI is InChI=1S/C12H13NO2/c13-10(15)12-5-11(6-12,7-12)8-1-3-9(14)4-2-8/h1-4,14H,5-7H2,(H2,13,15). The average Bonchev–Trinajstić information content (AvgIpc) is 2.02. The zero-order chi connectivity index (χ0) is 10.7. The van der Waals surface area contributed by atoms with Gasteiger partial charge in [-0.05, 0) is 42.4 Å². The van der Waals surface area contributed by atoms with Crippen LogP contribution in [0.25, 0.3) is 0 Å². The molecule has 2 bridgehead atoms. The predicted molar refractivity (Wildman–Crippen MR) is 55.3 cm³/mol. The van der Waals surface area contributed by atoms with Crippen LogP contribution in [0.1, 0.15) is 24.8 Å². The summed E-state index contributed by atoms with van der Waals surface area (Å²) in [6.07, 6.45) is 2.67. The number of nitrogens with two attached hydrogens (primary N) is 1. The van der Waals surface area contributed by atoms with Gasteiger partial charge >= 0.3 is 0 Å². The van der Waals surface area contributed by atoms with E-state index in [0.29, 0.717) is 0 Å². The molecule has 3 fully saturated rings. The van der Waals surface area contributed by atoms with Crippen LogP contribution < -0.4 is 5.73 Å². The third kappa shape index (κ3) is 0.928. The number of phenols is 1. The second-order valence-corrected chi connectivity index (χ2v) is 5.00. The second-order valence-electron chi connectivity index (χ2n) is 5.00. The van der Waals surface area contributed by atoms with Crippen molar-refractivity contribution in [2.75, 3.05) is 0 Å². The molecule has 78 valence electrons. The summed E-state index contributed by atoms with van der Waals surface area (Å²) in [6, 6.07) is 7.29. The highest BCUT2D eigenvalue weighted by Crippen LogP contribution is 2.73. The molecule has 4 rings (SSSR count). The SMILES string of the molecule is NC(=O)C12CC(c3ccc(O)cc3)(C1)C2. The smallest absolute Gasteiger partial charge is 0.223 e. The van der Waals surface area contributed by atoms with Gasteiger partial charge in [-0.3, -0.25) is 4.79 Å². The molecule has 0 unspecified atom stereocenters. The molecular formula is C12H13NO2. The van der Waals surface area contributed by atoms with Gasteiger partial charge < -0.3 is 10.8 Å². The summed E-state index contributed by atoms with van der Waals surface area (Å²) in [5, 5.41) is 9.19. The molecule has 3 aliphatic rings. The fraction of sp³-hybridized carbons (Fsp3) is 0.417. The first-order valence-corrected chi connectivity index (χ1v) is 5.16. The Morgan fingerprint density at radius 1 is 1.20 bits per heavy atom. The van der Waals surface area contributed by atoms with E-state index in [9.17, 15) is 9.90 Å². The van der Waals surface area contributed by atoms with Crippen molar-refractivity contribution in [2.45, 2.75) is 24.7 Å². The molecule has 0 aromatic heterocycles. The van der Waals surface area contributed by atoms with Gasteiger partial charge in [0.25, 0.3) is 0 Å². The van der Waals surface area contributed by atoms with Crippen LogP contribution in [-0.4, -0.2) is 11.0 Å². The summed E-state index contributed by atoms with van der Waals surface area (Å²) >= 11 is 0. The van der Waals surface area contributed by atoms with Crippen LogP contribution in [0.2, 0.25) is 0 Å². The number of hydrogen-bond donors (Lipinski definition) is 2. The number of carbonyl (C=O) groups is 1. The third-order valence-corrected chi connectivity index (χ3v) is 4.03. The summed E-state index contributed by atoms with van der Waals surface area (Å²) in [4.78, 5) is 11.2. The first kappa shape index (κ1) is 8.77. The minimum Gasteiger partial charge on any atom is -0.508 e. The van der Waals surface area contributed by atoms with Crippen LogP contribution in [0, 0.1) is 5.41 Å². The molecule has 0 spiro atoms. The summed E-state index contributed by atoms with van der Waals surface area (Å²) in [5.41, 5.74) is 6.56. The van der Waals surface area contributed by atoms with E-state index in [1.54, 1.807) is 12.1 Å². The first-order chi connectivity index (χ1) is 7.06. The van der Waals surface area contributed by atoms with E-state index in [1.165, 1.54) is 5.56 Å². The fourth-order valence-electron chi connectivity index (χ4n) is 3.17. The molecule has 15 heavy (non-hydrogen) atoms. The largest absolute Gasteiger partial charge is 0.508 e. The molecule has 1 aromatic rings. The van der Waals surface area contributed by atoms with Gasteiger partial charge in [0.15, 0.2) is 0 Å². The van der Waals surface area contributed by atoms with Crippen molar-refractivity contribution in [2.24, 2.45) is 11.1 Å². The van der Waals surface area contributed by atoms with Crippen LogP contribution in [0.3, 0.4) is 0 Å². The van der Waals surface area contributed by atoms with Gasteiger partial charge in [-0.2, -0.15) is 0 Å². The maximum absolute atomic E-state index is 11.2. The lowest BCUT2D eigenvalue weighted by Crippen LogP contribution is -2.69. The fourth-order valence-corrected chi connectivity index (χ4v) is 3.17. The Kier molecular flexibility index (Phi) is 1.37. The number of benzene rings is 1. The lowest BCUT2D eigenvalue weighted by Gasteiger charge is -2.69. The average molecular weight is 203 g/mol. The Hall–Kier alpha value is -1.51. The molecule has 3 heteroatoms. The number of hydrogen-bond acceptors (Lipinski definition) is 2. The van der Waals surface area contributed by atoms with E-state index >= 15 is 0 Å². The van der Waals surface area contributed by atoms with Crippen LogP contribution in [0.4, 0.5) is 0 Å². The summed E-state index contributed by atoms with van der Waals surface area (Å²) in [7, 11) is 0. The zero-order valence-electron chi connectivity index (χ0n) is 8.36. The molecule has 1 aromatic carbocycles. The van der Waals surface area contributed by atoms with Crippen LogP contribution >= 0.6 is 0 Å². The number of phenolic OH excluding ortho intramolecular Hbond substituents is 1. The monoisotopic (exact) mass is 203 g/mol. The van der Waals surface area contributed by atoms with E-state index in [4.69, 9.17) is 5.73 Å². The third-order valence-electron chi connectivity index (χ3n) is 4.03. The molecule has 0 heterocycles.